The molecule has 0 bridgehead atoms. The van der Waals surface area contributed by atoms with Gasteiger partial charge in [-0.15, -0.1) is 0 Å². The lowest BCUT2D eigenvalue weighted by molar-refractivity contribution is -0.147. The van der Waals surface area contributed by atoms with Gasteiger partial charge in [0, 0.05) is 11.0 Å². The van der Waals surface area contributed by atoms with Crippen molar-refractivity contribution in [1.29, 1.82) is 0 Å². The number of hydrogen-bond donors (Lipinski definition) is 1. The molecule has 1 heterocycles. The van der Waals surface area contributed by atoms with E-state index in [0.29, 0.717) is 44.8 Å². The maximum absolute atomic E-state index is 13.6. The molecule has 20 heavy (non-hydrogen) atoms. The van der Waals surface area contributed by atoms with Gasteiger partial charge in [-0.25, -0.2) is 4.39 Å². The lowest BCUT2D eigenvalue weighted by Gasteiger charge is -2.22. The van der Waals surface area contributed by atoms with Crippen LogP contribution in [0.4, 0.5) is 4.39 Å². The number of nitrogens with one attached hydrogen (secondary N) is 1. The molecule has 1 aliphatic rings. The van der Waals surface area contributed by atoms with Gasteiger partial charge in [0.1, 0.15) is 5.82 Å². The van der Waals surface area contributed by atoms with Gasteiger partial charge in [0.25, 0.3) is 5.91 Å². The first-order valence-electron chi connectivity index (χ1n) is 6.58. The molecule has 1 aromatic rings. The van der Waals surface area contributed by atoms with Gasteiger partial charge in [0.15, 0.2) is 6.10 Å². The van der Waals surface area contributed by atoms with E-state index in [9.17, 15) is 9.18 Å². The second-order valence-corrected chi connectivity index (χ2v) is 5.48. The van der Waals surface area contributed by atoms with Crippen LogP contribution in [0.3, 0.4) is 0 Å². The number of carbonyl (C=O) groups is 1. The normalized spacial score (nSPS) is 18.8. The number of halogens is 2. The van der Waals surface area contributed by atoms with Crippen molar-refractivity contribution in [3.63, 3.8) is 0 Å². The highest BCUT2D eigenvalue weighted by Gasteiger charge is 2.21. The average Bonchev–Trinajstić information content (AvgIpc) is 2.46. The lowest BCUT2D eigenvalue weighted by Crippen LogP contribution is -2.43. The third kappa shape index (κ3) is 4.54. The molecule has 0 spiro atoms. The van der Waals surface area contributed by atoms with Crippen molar-refractivity contribution in [1.82, 2.24) is 5.32 Å². The minimum atomic E-state index is -0.520. The highest BCUT2D eigenvalue weighted by atomic mass is 79.9. The summed E-state index contributed by atoms with van der Waals surface area (Å²) < 4.78 is 24.7. The molecule has 1 saturated heterocycles. The van der Waals surface area contributed by atoms with Gasteiger partial charge in [-0.05, 0) is 30.5 Å². The first-order chi connectivity index (χ1) is 9.66. The maximum Gasteiger partial charge on any atom is 0.251 e. The predicted molar refractivity (Wildman–Crippen MR) is 76.0 cm³/mol. The zero-order valence-corrected chi connectivity index (χ0v) is 12.6. The Balaban J connectivity index is 1.69. The highest BCUT2D eigenvalue weighted by molar-refractivity contribution is 9.10. The van der Waals surface area contributed by atoms with Crippen LogP contribution in [0, 0.1) is 5.82 Å². The van der Waals surface area contributed by atoms with Crippen LogP contribution in [0.2, 0.25) is 0 Å². The smallest absolute Gasteiger partial charge is 0.251 e. The minimum Gasteiger partial charge on any atom is -0.376 e. The zero-order chi connectivity index (χ0) is 14.4. The van der Waals surface area contributed by atoms with Crippen LogP contribution in [0.25, 0.3) is 0 Å². The van der Waals surface area contributed by atoms with E-state index < -0.39 is 6.10 Å². The minimum absolute atomic E-state index is 0.166. The van der Waals surface area contributed by atoms with Crippen molar-refractivity contribution in [3.8, 4) is 0 Å². The van der Waals surface area contributed by atoms with Gasteiger partial charge in [0.05, 0.1) is 19.8 Å². The van der Waals surface area contributed by atoms with E-state index >= 15 is 0 Å². The van der Waals surface area contributed by atoms with Crippen molar-refractivity contribution in [2.45, 2.75) is 18.9 Å². The van der Waals surface area contributed by atoms with Crippen LogP contribution in [-0.4, -0.2) is 38.4 Å². The molecule has 1 atom stereocenters. The Hall–Kier alpha value is -0.980. The van der Waals surface area contributed by atoms with Crippen molar-refractivity contribution >= 4 is 21.8 Å². The molecule has 110 valence electrons. The van der Waals surface area contributed by atoms with E-state index in [4.69, 9.17) is 9.47 Å². The fourth-order valence-electron chi connectivity index (χ4n) is 1.97. The van der Waals surface area contributed by atoms with Crippen LogP contribution in [0.5, 0.6) is 0 Å². The summed E-state index contributed by atoms with van der Waals surface area (Å²) in [4.78, 5) is 11.7. The predicted octanol–water partition coefficient (Wildman–Crippen LogP) is 2.05. The largest absolute Gasteiger partial charge is 0.376 e. The number of aryl methyl sites for hydroxylation is 1. The van der Waals surface area contributed by atoms with Crippen LogP contribution >= 0.6 is 15.9 Å². The number of amides is 1. The summed E-state index contributed by atoms with van der Waals surface area (Å²) in [5.41, 5.74) is 0.652. The summed E-state index contributed by atoms with van der Waals surface area (Å²) in [5.74, 6) is -0.393. The number of carbonyl (C=O) groups excluding carboxylic acids is 1. The molecule has 1 N–H and O–H groups in total. The van der Waals surface area contributed by atoms with Crippen LogP contribution in [0.1, 0.15) is 12.0 Å². The number of hydrogen-bond acceptors (Lipinski definition) is 3. The topological polar surface area (TPSA) is 47.6 Å². The van der Waals surface area contributed by atoms with Crippen molar-refractivity contribution in [2.75, 3.05) is 26.4 Å². The van der Waals surface area contributed by atoms with Gasteiger partial charge in [-0.2, -0.15) is 0 Å². The Morgan fingerprint density at radius 1 is 1.45 bits per heavy atom. The first kappa shape index (κ1) is 15.4. The van der Waals surface area contributed by atoms with Crippen LogP contribution in [0.15, 0.2) is 22.7 Å². The van der Waals surface area contributed by atoms with Crippen molar-refractivity contribution < 1.29 is 18.7 Å². The van der Waals surface area contributed by atoms with Gasteiger partial charge >= 0.3 is 0 Å². The maximum atomic E-state index is 13.6. The quantitative estimate of drug-likeness (QED) is 0.831. The Labute approximate surface area is 125 Å². The fourth-order valence-corrected chi connectivity index (χ4v) is 2.30. The van der Waals surface area contributed by atoms with Crippen molar-refractivity contribution in [3.05, 3.63) is 34.1 Å². The van der Waals surface area contributed by atoms with E-state index in [1.54, 1.807) is 6.07 Å². The number of ether oxygens (including phenoxy) is 2. The molecule has 6 heteroatoms. The summed E-state index contributed by atoms with van der Waals surface area (Å²) in [6.07, 6.45) is 0.743. The molecular formula is C14H17BrFNO3. The summed E-state index contributed by atoms with van der Waals surface area (Å²) in [6.45, 7) is 1.77. The summed E-state index contributed by atoms with van der Waals surface area (Å²) >= 11 is 3.22. The lowest BCUT2D eigenvalue weighted by atomic mass is 10.1. The molecule has 1 fully saturated rings. The fraction of sp³-hybridized carbons (Fsp3) is 0.500. The Morgan fingerprint density at radius 2 is 2.30 bits per heavy atom. The Kier molecular flexibility index (Phi) is 5.94. The number of rotatable bonds is 5. The van der Waals surface area contributed by atoms with E-state index in [2.05, 4.69) is 21.2 Å². The Morgan fingerprint density at radius 3 is 3.00 bits per heavy atom. The van der Waals surface area contributed by atoms with Crippen molar-refractivity contribution in [2.24, 2.45) is 0 Å². The molecule has 1 amide bonds. The van der Waals surface area contributed by atoms with Gasteiger partial charge in [-0.3, -0.25) is 4.79 Å². The summed E-state index contributed by atoms with van der Waals surface area (Å²) in [7, 11) is 0. The number of benzene rings is 1. The van der Waals surface area contributed by atoms with Gasteiger partial charge < -0.3 is 14.8 Å². The monoisotopic (exact) mass is 345 g/mol. The van der Waals surface area contributed by atoms with E-state index in [0.717, 1.165) is 4.47 Å². The zero-order valence-electron chi connectivity index (χ0n) is 11.0. The molecule has 0 aliphatic carbocycles. The average molecular weight is 346 g/mol. The Bertz CT molecular complexity index is 464. The summed E-state index contributed by atoms with van der Waals surface area (Å²) in [6, 6.07) is 5.00. The molecule has 1 aromatic carbocycles. The van der Waals surface area contributed by atoms with E-state index in [1.165, 1.54) is 6.07 Å². The molecule has 0 aromatic heterocycles. The van der Waals surface area contributed by atoms with Gasteiger partial charge in [-0.1, -0.05) is 22.0 Å². The second kappa shape index (κ2) is 7.71. The third-order valence-corrected chi connectivity index (χ3v) is 3.54. The van der Waals surface area contributed by atoms with E-state index in [1.807, 2.05) is 6.07 Å². The summed E-state index contributed by atoms with van der Waals surface area (Å²) in [5, 5.41) is 2.78. The first-order valence-corrected chi connectivity index (χ1v) is 7.37. The molecule has 4 nitrogen and oxygen atoms in total. The van der Waals surface area contributed by atoms with Crippen LogP contribution < -0.4 is 5.32 Å². The standard InChI is InChI=1S/C14H17BrFNO3/c15-11-4-3-10(12(16)8-11)2-1-5-17-14(18)13-9-19-6-7-20-13/h3-4,8,13H,1-2,5-7,9H2,(H,17,18)/t13-/m0/s1. The second-order valence-electron chi connectivity index (χ2n) is 4.56. The highest BCUT2D eigenvalue weighted by Crippen LogP contribution is 2.16. The molecule has 0 unspecified atom stereocenters. The molecule has 0 saturated carbocycles. The van der Waals surface area contributed by atoms with Gasteiger partial charge in [0.2, 0.25) is 0 Å². The third-order valence-electron chi connectivity index (χ3n) is 3.05. The van der Waals surface area contributed by atoms with Crippen LogP contribution in [-0.2, 0) is 20.7 Å². The molecular weight excluding hydrogens is 329 g/mol. The SMILES string of the molecule is O=C(NCCCc1ccc(Br)cc1F)[C@@H]1COCCO1. The molecule has 2 rings (SSSR count). The van der Waals surface area contributed by atoms with E-state index in [-0.39, 0.29) is 11.7 Å². The molecule has 0 radical (unpaired) electrons. The molecule has 1 aliphatic heterocycles.